The highest BCUT2D eigenvalue weighted by molar-refractivity contribution is 6.29. The highest BCUT2D eigenvalue weighted by atomic mass is 35.5. The number of anilines is 1. The van der Waals surface area contributed by atoms with Gasteiger partial charge < -0.3 is 14.6 Å². The molecule has 0 saturated heterocycles. The first-order valence-electron chi connectivity index (χ1n) is 6.11. The van der Waals surface area contributed by atoms with Gasteiger partial charge in [-0.15, -0.1) is 0 Å². The van der Waals surface area contributed by atoms with Crippen LogP contribution in [0.4, 0.5) is 5.69 Å². The number of nitrogens with zero attached hydrogens (tertiary/aromatic N) is 1. The molecule has 0 spiro atoms. The van der Waals surface area contributed by atoms with Crippen molar-refractivity contribution in [2.24, 2.45) is 0 Å². The number of nitrogens with one attached hydrogen (secondary N) is 1. The minimum Gasteiger partial charge on any atom is -0.440 e. The van der Waals surface area contributed by atoms with Crippen molar-refractivity contribution in [1.29, 1.82) is 0 Å². The number of rotatable bonds is 1. The molecule has 0 saturated carbocycles. The molecular weight excluding hydrogens is 264 g/mol. The number of halogens is 1. The standard InChI is InChI=1S/C14H13ClN2O2/c15-13-6-5-12(19-13)14(18)17-8-7-16-9-10-3-1-2-4-11(10)17/h1-6,16H,7-9H2. The maximum atomic E-state index is 12.5. The van der Waals surface area contributed by atoms with Gasteiger partial charge in [-0.1, -0.05) is 18.2 Å². The van der Waals surface area contributed by atoms with Crippen LogP contribution >= 0.6 is 11.6 Å². The number of hydrogen-bond acceptors (Lipinski definition) is 3. The van der Waals surface area contributed by atoms with E-state index in [1.807, 2.05) is 24.3 Å². The van der Waals surface area contributed by atoms with Gasteiger partial charge in [0, 0.05) is 25.3 Å². The predicted molar refractivity (Wildman–Crippen MR) is 73.5 cm³/mol. The van der Waals surface area contributed by atoms with Gasteiger partial charge in [-0.2, -0.15) is 0 Å². The molecule has 0 aliphatic carbocycles. The number of fused-ring (bicyclic) bond motifs is 1. The van der Waals surface area contributed by atoms with Gasteiger partial charge in [0.1, 0.15) is 0 Å². The lowest BCUT2D eigenvalue weighted by molar-refractivity contribution is 0.0961. The quantitative estimate of drug-likeness (QED) is 0.871. The lowest BCUT2D eigenvalue weighted by Gasteiger charge is -2.21. The summed E-state index contributed by atoms with van der Waals surface area (Å²) < 4.78 is 5.21. The highest BCUT2D eigenvalue weighted by Crippen LogP contribution is 2.25. The van der Waals surface area contributed by atoms with Crippen LogP contribution in [0.1, 0.15) is 16.1 Å². The Morgan fingerprint density at radius 2 is 2.11 bits per heavy atom. The Bertz CT molecular complexity index is 609. The summed E-state index contributed by atoms with van der Waals surface area (Å²) in [4.78, 5) is 14.2. The summed E-state index contributed by atoms with van der Waals surface area (Å²) >= 11 is 5.73. The first-order valence-corrected chi connectivity index (χ1v) is 6.49. The summed E-state index contributed by atoms with van der Waals surface area (Å²) in [6, 6.07) is 11.0. The monoisotopic (exact) mass is 276 g/mol. The molecule has 3 rings (SSSR count). The van der Waals surface area contributed by atoms with Crippen molar-refractivity contribution in [2.45, 2.75) is 6.54 Å². The maximum Gasteiger partial charge on any atom is 0.294 e. The van der Waals surface area contributed by atoms with Crippen LogP contribution in [-0.4, -0.2) is 19.0 Å². The largest absolute Gasteiger partial charge is 0.440 e. The fourth-order valence-electron chi connectivity index (χ4n) is 2.23. The molecule has 1 N–H and O–H groups in total. The zero-order chi connectivity index (χ0) is 13.2. The molecule has 0 unspecified atom stereocenters. The summed E-state index contributed by atoms with van der Waals surface area (Å²) in [7, 11) is 0. The number of carbonyl (C=O) groups is 1. The molecule has 0 radical (unpaired) electrons. The summed E-state index contributed by atoms with van der Waals surface area (Å²) in [6.45, 7) is 2.11. The minimum atomic E-state index is -0.164. The third-order valence-electron chi connectivity index (χ3n) is 3.14. The smallest absolute Gasteiger partial charge is 0.294 e. The molecule has 19 heavy (non-hydrogen) atoms. The normalized spacial score (nSPS) is 14.9. The molecular formula is C14H13ClN2O2. The van der Waals surface area contributed by atoms with Crippen LogP contribution in [0.3, 0.4) is 0 Å². The molecule has 0 atom stereocenters. The van der Waals surface area contributed by atoms with E-state index in [0.717, 1.165) is 24.3 Å². The number of para-hydroxylation sites is 1. The lowest BCUT2D eigenvalue weighted by atomic mass is 10.1. The number of amides is 1. The van der Waals surface area contributed by atoms with Gasteiger partial charge in [0.25, 0.3) is 5.91 Å². The van der Waals surface area contributed by atoms with Gasteiger partial charge in [0.15, 0.2) is 11.0 Å². The SMILES string of the molecule is O=C(c1ccc(Cl)o1)N1CCNCc2ccccc21. The number of furan rings is 1. The Morgan fingerprint density at radius 1 is 1.26 bits per heavy atom. The summed E-state index contributed by atoms with van der Waals surface area (Å²) in [5, 5.41) is 3.52. The average molecular weight is 277 g/mol. The van der Waals surface area contributed by atoms with E-state index in [4.69, 9.17) is 16.0 Å². The Hall–Kier alpha value is -1.78. The second-order valence-electron chi connectivity index (χ2n) is 4.37. The molecule has 4 nitrogen and oxygen atoms in total. The van der Waals surface area contributed by atoms with Gasteiger partial charge >= 0.3 is 0 Å². The van der Waals surface area contributed by atoms with Crippen LogP contribution in [0.25, 0.3) is 0 Å². The van der Waals surface area contributed by atoms with Gasteiger partial charge in [-0.05, 0) is 35.4 Å². The van der Waals surface area contributed by atoms with E-state index in [-0.39, 0.29) is 16.9 Å². The van der Waals surface area contributed by atoms with Crippen molar-refractivity contribution in [3.8, 4) is 0 Å². The van der Waals surface area contributed by atoms with Crippen LogP contribution in [0.5, 0.6) is 0 Å². The van der Waals surface area contributed by atoms with Crippen LogP contribution in [0.2, 0.25) is 5.22 Å². The molecule has 5 heteroatoms. The second kappa shape index (κ2) is 5.07. The van der Waals surface area contributed by atoms with E-state index in [1.54, 1.807) is 17.0 Å². The predicted octanol–water partition coefficient (Wildman–Crippen LogP) is 2.68. The van der Waals surface area contributed by atoms with Crippen molar-refractivity contribution >= 4 is 23.2 Å². The van der Waals surface area contributed by atoms with Gasteiger partial charge in [-0.3, -0.25) is 4.79 Å². The zero-order valence-electron chi connectivity index (χ0n) is 10.2. The molecule has 0 fully saturated rings. The Balaban J connectivity index is 1.98. The summed E-state index contributed by atoms with van der Waals surface area (Å²) in [6.07, 6.45) is 0. The number of benzene rings is 1. The number of carbonyl (C=O) groups excluding carboxylic acids is 1. The first kappa shape index (κ1) is 12.3. The van der Waals surface area contributed by atoms with E-state index in [0.29, 0.717) is 6.54 Å². The van der Waals surface area contributed by atoms with Crippen LogP contribution in [0.15, 0.2) is 40.8 Å². The van der Waals surface area contributed by atoms with E-state index in [2.05, 4.69) is 5.32 Å². The van der Waals surface area contributed by atoms with E-state index in [9.17, 15) is 4.79 Å². The Morgan fingerprint density at radius 3 is 2.89 bits per heavy atom. The Kier molecular flexibility index (Phi) is 3.27. The molecule has 1 amide bonds. The van der Waals surface area contributed by atoms with Gasteiger partial charge in [-0.25, -0.2) is 0 Å². The lowest BCUT2D eigenvalue weighted by Crippen LogP contribution is -2.34. The van der Waals surface area contributed by atoms with E-state index in [1.165, 1.54) is 0 Å². The molecule has 98 valence electrons. The van der Waals surface area contributed by atoms with Crippen LogP contribution in [0, 0.1) is 0 Å². The zero-order valence-corrected chi connectivity index (χ0v) is 11.0. The fourth-order valence-corrected chi connectivity index (χ4v) is 2.38. The third kappa shape index (κ3) is 2.37. The molecule has 1 aliphatic heterocycles. The van der Waals surface area contributed by atoms with Gasteiger partial charge in [0.2, 0.25) is 0 Å². The van der Waals surface area contributed by atoms with Crippen LogP contribution < -0.4 is 10.2 Å². The molecule has 0 bridgehead atoms. The number of hydrogen-bond donors (Lipinski definition) is 1. The van der Waals surface area contributed by atoms with E-state index < -0.39 is 0 Å². The van der Waals surface area contributed by atoms with Crippen molar-refractivity contribution in [3.63, 3.8) is 0 Å². The first-order chi connectivity index (χ1) is 9.25. The highest BCUT2D eigenvalue weighted by Gasteiger charge is 2.24. The fraction of sp³-hybridized carbons (Fsp3) is 0.214. The van der Waals surface area contributed by atoms with Crippen molar-refractivity contribution in [3.05, 3.63) is 52.9 Å². The molecule has 1 aliphatic rings. The Labute approximate surface area is 116 Å². The second-order valence-corrected chi connectivity index (χ2v) is 4.74. The van der Waals surface area contributed by atoms with Crippen molar-refractivity contribution in [1.82, 2.24) is 5.32 Å². The van der Waals surface area contributed by atoms with Crippen molar-refractivity contribution < 1.29 is 9.21 Å². The molecule has 2 heterocycles. The topological polar surface area (TPSA) is 45.5 Å². The summed E-state index contributed by atoms with van der Waals surface area (Å²) in [5.74, 6) is 0.102. The molecule has 1 aromatic heterocycles. The molecule has 1 aromatic carbocycles. The third-order valence-corrected chi connectivity index (χ3v) is 3.34. The molecule has 2 aromatic rings. The average Bonchev–Trinajstić information content (AvgIpc) is 2.74. The van der Waals surface area contributed by atoms with Crippen molar-refractivity contribution in [2.75, 3.05) is 18.0 Å². The minimum absolute atomic E-state index is 0.164. The summed E-state index contributed by atoms with van der Waals surface area (Å²) in [5.41, 5.74) is 2.02. The maximum absolute atomic E-state index is 12.5. The van der Waals surface area contributed by atoms with Crippen LogP contribution in [-0.2, 0) is 6.54 Å². The van der Waals surface area contributed by atoms with E-state index >= 15 is 0 Å². The van der Waals surface area contributed by atoms with Gasteiger partial charge in [0.05, 0.1) is 0 Å².